The van der Waals surface area contributed by atoms with Crippen LogP contribution < -0.4 is 10.2 Å². The van der Waals surface area contributed by atoms with Gasteiger partial charge in [0, 0.05) is 6.54 Å². The Hall–Kier alpha value is -1.42. The molecular weight excluding hydrogens is 207 g/mol. The molecule has 84 valence electrons. The molecule has 1 aromatic carbocycles. The zero-order valence-corrected chi connectivity index (χ0v) is 8.87. The Morgan fingerprint density at radius 1 is 1.44 bits per heavy atom. The van der Waals surface area contributed by atoms with Gasteiger partial charge in [-0.1, -0.05) is 12.1 Å². The first-order valence-electron chi connectivity index (χ1n) is 5.57. The topological polar surface area (TPSA) is 32.3 Å². The Morgan fingerprint density at radius 2 is 2.31 bits per heavy atom. The number of hydrogen-bond acceptors (Lipinski definition) is 2. The summed E-state index contributed by atoms with van der Waals surface area (Å²) in [7, 11) is 0. The van der Waals surface area contributed by atoms with E-state index in [9.17, 15) is 9.18 Å². The van der Waals surface area contributed by atoms with Crippen molar-refractivity contribution in [3.05, 3.63) is 29.6 Å². The molecule has 2 aliphatic rings. The van der Waals surface area contributed by atoms with Crippen LogP contribution in [0.1, 0.15) is 12.0 Å². The number of fused-ring (bicyclic) bond motifs is 1. The van der Waals surface area contributed by atoms with Gasteiger partial charge < -0.3 is 10.2 Å². The van der Waals surface area contributed by atoms with E-state index in [2.05, 4.69) is 5.32 Å². The summed E-state index contributed by atoms with van der Waals surface area (Å²) < 4.78 is 13.8. The molecule has 1 amide bonds. The summed E-state index contributed by atoms with van der Waals surface area (Å²) in [6.45, 7) is 1.66. The highest BCUT2D eigenvalue weighted by molar-refractivity contribution is 6.02. The molecule has 16 heavy (non-hydrogen) atoms. The third kappa shape index (κ3) is 1.33. The summed E-state index contributed by atoms with van der Waals surface area (Å²) in [4.78, 5) is 13.5. The van der Waals surface area contributed by atoms with Crippen molar-refractivity contribution in [1.82, 2.24) is 5.32 Å². The average Bonchev–Trinajstić information content (AvgIpc) is 2.84. The summed E-state index contributed by atoms with van der Waals surface area (Å²) in [5.41, 5.74) is 1.32. The maximum Gasteiger partial charge on any atom is 0.231 e. The van der Waals surface area contributed by atoms with Crippen LogP contribution in [0.5, 0.6) is 0 Å². The average molecular weight is 220 g/mol. The largest absolute Gasteiger partial charge is 0.315 e. The first kappa shape index (κ1) is 9.78. The fourth-order valence-electron chi connectivity index (χ4n) is 2.59. The number of hydrogen-bond donors (Lipinski definition) is 1. The Kier molecular flexibility index (Phi) is 2.17. The lowest BCUT2D eigenvalue weighted by Gasteiger charge is -2.24. The number of rotatable bonds is 1. The molecule has 2 aliphatic heterocycles. The number of benzene rings is 1. The summed E-state index contributed by atoms with van der Waals surface area (Å²) in [6.07, 6.45) is 1.24. The number of anilines is 1. The molecule has 1 unspecified atom stereocenters. The smallest absolute Gasteiger partial charge is 0.231 e. The van der Waals surface area contributed by atoms with Crippen molar-refractivity contribution in [2.75, 3.05) is 18.0 Å². The summed E-state index contributed by atoms with van der Waals surface area (Å²) in [5, 5.41) is 3.20. The van der Waals surface area contributed by atoms with E-state index in [4.69, 9.17) is 0 Å². The number of nitrogens with one attached hydrogen (secondary N) is 1. The fraction of sp³-hybridized carbons (Fsp3) is 0.417. The molecule has 0 radical (unpaired) electrons. The number of halogens is 1. The molecule has 0 spiro atoms. The van der Waals surface area contributed by atoms with E-state index in [0.717, 1.165) is 25.1 Å². The molecule has 4 heteroatoms. The maximum absolute atomic E-state index is 13.8. The van der Waals surface area contributed by atoms with Gasteiger partial charge in [-0.05, 0) is 24.6 Å². The van der Waals surface area contributed by atoms with Crippen LogP contribution in [-0.2, 0) is 11.2 Å². The van der Waals surface area contributed by atoms with Gasteiger partial charge in [0.15, 0.2) is 0 Å². The van der Waals surface area contributed by atoms with Crippen LogP contribution in [0.25, 0.3) is 0 Å². The second-order valence-corrected chi connectivity index (χ2v) is 4.33. The van der Waals surface area contributed by atoms with Crippen LogP contribution in [0.3, 0.4) is 0 Å². The van der Waals surface area contributed by atoms with Crippen molar-refractivity contribution >= 4 is 11.6 Å². The van der Waals surface area contributed by atoms with Crippen molar-refractivity contribution in [2.24, 2.45) is 0 Å². The molecule has 1 atom stereocenters. The van der Waals surface area contributed by atoms with Gasteiger partial charge in [0.1, 0.15) is 5.82 Å². The summed E-state index contributed by atoms with van der Waals surface area (Å²) >= 11 is 0. The predicted octanol–water partition coefficient (Wildman–Crippen LogP) is 1.08. The first-order valence-corrected chi connectivity index (χ1v) is 5.57. The van der Waals surface area contributed by atoms with E-state index >= 15 is 0 Å². The lowest BCUT2D eigenvalue weighted by atomic mass is 10.1. The SMILES string of the molecule is O=C1Cc2cccc(F)c2N1C1CCNC1. The lowest BCUT2D eigenvalue weighted by Crippen LogP contribution is -2.39. The number of amides is 1. The zero-order chi connectivity index (χ0) is 11.1. The highest BCUT2D eigenvalue weighted by Crippen LogP contribution is 2.34. The molecule has 0 saturated carbocycles. The molecule has 0 aromatic heterocycles. The van der Waals surface area contributed by atoms with Gasteiger partial charge in [-0.25, -0.2) is 4.39 Å². The molecule has 1 fully saturated rings. The summed E-state index contributed by atoms with van der Waals surface area (Å²) in [5.74, 6) is -0.260. The predicted molar refractivity (Wildman–Crippen MR) is 58.9 cm³/mol. The first-order chi connectivity index (χ1) is 7.77. The van der Waals surface area contributed by atoms with Crippen molar-refractivity contribution in [1.29, 1.82) is 0 Å². The van der Waals surface area contributed by atoms with E-state index in [1.54, 1.807) is 11.0 Å². The van der Waals surface area contributed by atoms with E-state index in [1.807, 2.05) is 6.07 Å². The second-order valence-electron chi connectivity index (χ2n) is 4.33. The van der Waals surface area contributed by atoms with Gasteiger partial charge in [0.05, 0.1) is 18.2 Å². The monoisotopic (exact) mass is 220 g/mol. The minimum atomic E-state index is -0.282. The molecular formula is C12H13FN2O. The minimum absolute atomic E-state index is 0.0220. The minimum Gasteiger partial charge on any atom is -0.315 e. The maximum atomic E-state index is 13.8. The third-order valence-electron chi connectivity index (χ3n) is 3.32. The standard InChI is InChI=1S/C12H13FN2O/c13-10-3-1-2-8-6-11(16)15(12(8)10)9-4-5-14-7-9/h1-3,9,14H,4-7H2. The second kappa shape index (κ2) is 3.56. The van der Waals surface area contributed by atoms with Gasteiger partial charge in [-0.15, -0.1) is 0 Å². The molecule has 1 N–H and O–H groups in total. The van der Waals surface area contributed by atoms with E-state index in [0.29, 0.717) is 12.1 Å². The molecule has 1 saturated heterocycles. The van der Waals surface area contributed by atoms with Crippen LogP contribution in [-0.4, -0.2) is 25.0 Å². The van der Waals surface area contributed by atoms with E-state index in [1.165, 1.54) is 6.07 Å². The zero-order valence-electron chi connectivity index (χ0n) is 8.87. The Bertz CT molecular complexity index is 441. The highest BCUT2D eigenvalue weighted by atomic mass is 19.1. The number of carbonyl (C=O) groups is 1. The quantitative estimate of drug-likeness (QED) is 0.768. The normalized spacial score (nSPS) is 23.9. The van der Waals surface area contributed by atoms with Crippen molar-refractivity contribution in [3.8, 4) is 0 Å². The van der Waals surface area contributed by atoms with Gasteiger partial charge in [-0.3, -0.25) is 4.79 Å². The van der Waals surface area contributed by atoms with Crippen LogP contribution >= 0.6 is 0 Å². The summed E-state index contributed by atoms with van der Waals surface area (Å²) in [6, 6.07) is 5.04. The van der Waals surface area contributed by atoms with Gasteiger partial charge in [0.2, 0.25) is 5.91 Å². The highest BCUT2D eigenvalue weighted by Gasteiger charge is 2.36. The third-order valence-corrected chi connectivity index (χ3v) is 3.32. The van der Waals surface area contributed by atoms with Crippen LogP contribution in [0, 0.1) is 5.82 Å². The Morgan fingerprint density at radius 3 is 3.06 bits per heavy atom. The van der Waals surface area contributed by atoms with Gasteiger partial charge >= 0.3 is 0 Å². The van der Waals surface area contributed by atoms with Gasteiger partial charge in [0.25, 0.3) is 0 Å². The van der Waals surface area contributed by atoms with E-state index in [-0.39, 0.29) is 17.8 Å². The van der Waals surface area contributed by atoms with Crippen molar-refractivity contribution < 1.29 is 9.18 Å². The van der Waals surface area contributed by atoms with Crippen LogP contribution in [0.2, 0.25) is 0 Å². The molecule has 0 bridgehead atoms. The lowest BCUT2D eigenvalue weighted by molar-refractivity contribution is -0.117. The number of carbonyl (C=O) groups excluding carboxylic acids is 1. The van der Waals surface area contributed by atoms with Gasteiger partial charge in [-0.2, -0.15) is 0 Å². The number of para-hydroxylation sites is 1. The van der Waals surface area contributed by atoms with Crippen LogP contribution in [0.15, 0.2) is 18.2 Å². The molecule has 2 heterocycles. The van der Waals surface area contributed by atoms with Crippen molar-refractivity contribution in [3.63, 3.8) is 0 Å². The van der Waals surface area contributed by atoms with Crippen molar-refractivity contribution in [2.45, 2.75) is 18.9 Å². The number of nitrogens with zero attached hydrogens (tertiary/aromatic N) is 1. The molecule has 3 nitrogen and oxygen atoms in total. The van der Waals surface area contributed by atoms with E-state index < -0.39 is 0 Å². The Labute approximate surface area is 93.2 Å². The fourth-order valence-corrected chi connectivity index (χ4v) is 2.59. The molecule has 1 aromatic rings. The van der Waals surface area contributed by atoms with Crippen LogP contribution in [0.4, 0.5) is 10.1 Å². The molecule has 0 aliphatic carbocycles. The molecule has 3 rings (SSSR count). The Balaban J connectivity index is 2.04.